The van der Waals surface area contributed by atoms with Crippen molar-refractivity contribution in [2.24, 2.45) is 5.92 Å². The number of rotatable bonds is 11. The van der Waals surface area contributed by atoms with Crippen molar-refractivity contribution in [3.05, 3.63) is 29.8 Å². The largest absolute Gasteiger partial charge is 0.497 e. The van der Waals surface area contributed by atoms with Crippen molar-refractivity contribution in [1.29, 1.82) is 0 Å². The van der Waals surface area contributed by atoms with Gasteiger partial charge in [0.25, 0.3) is 0 Å². The van der Waals surface area contributed by atoms with Crippen LogP contribution in [0.3, 0.4) is 0 Å². The van der Waals surface area contributed by atoms with Gasteiger partial charge in [-0.3, -0.25) is 0 Å². The molecule has 1 N–H and O–H groups in total. The van der Waals surface area contributed by atoms with Gasteiger partial charge in [-0.05, 0) is 49.9 Å². The van der Waals surface area contributed by atoms with Crippen LogP contribution in [0.15, 0.2) is 24.3 Å². The maximum Gasteiger partial charge on any atom is 0.119 e. The predicted molar refractivity (Wildman–Crippen MR) is 86.0 cm³/mol. The highest BCUT2D eigenvalue weighted by molar-refractivity contribution is 5.28. The number of ether oxygens (including phenoxy) is 3. The van der Waals surface area contributed by atoms with Crippen molar-refractivity contribution in [3.8, 4) is 5.75 Å². The molecule has 2 unspecified atom stereocenters. The fourth-order valence-corrected chi connectivity index (χ4v) is 2.42. The summed E-state index contributed by atoms with van der Waals surface area (Å²) in [6.45, 7) is 4.71. The van der Waals surface area contributed by atoms with Crippen LogP contribution in [-0.4, -0.2) is 47.1 Å². The molecule has 120 valence electrons. The molecular formula is C17H29NO3. The van der Waals surface area contributed by atoms with Crippen molar-refractivity contribution in [3.63, 3.8) is 0 Å². The number of methoxy groups -OCH3 is 3. The highest BCUT2D eigenvalue weighted by atomic mass is 16.5. The number of nitrogens with one attached hydrogen (secondary N) is 1. The van der Waals surface area contributed by atoms with E-state index in [9.17, 15) is 0 Å². The second kappa shape index (κ2) is 10.6. The van der Waals surface area contributed by atoms with Crippen molar-refractivity contribution < 1.29 is 14.2 Å². The van der Waals surface area contributed by atoms with Crippen LogP contribution < -0.4 is 10.1 Å². The molecule has 0 aliphatic heterocycles. The fraction of sp³-hybridized carbons (Fsp3) is 0.647. The Morgan fingerprint density at radius 2 is 2.00 bits per heavy atom. The molecule has 1 aromatic rings. The molecular weight excluding hydrogens is 266 g/mol. The van der Waals surface area contributed by atoms with Gasteiger partial charge in [-0.1, -0.05) is 12.1 Å². The summed E-state index contributed by atoms with van der Waals surface area (Å²) in [6, 6.07) is 8.29. The molecule has 0 fully saturated rings. The molecule has 4 heteroatoms. The molecule has 4 nitrogen and oxygen atoms in total. The van der Waals surface area contributed by atoms with Gasteiger partial charge in [-0.25, -0.2) is 0 Å². The first-order valence-corrected chi connectivity index (χ1v) is 7.55. The Balaban J connectivity index is 2.57. The minimum Gasteiger partial charge on any atom is -0.497 e. The minimum absolute atomic E-state index is 0.268. The lowest BCUT2D eigenvalue weighted by atomic mass is 9.93. The van der Waals surface area contributed by atoms with Gasteiger partial charge in [-0.2, -0.15) is 0 Å². The maximum absolute atomic E-state index is 5.41. The van der Waals surface area contributed by atoms with Gasteiger partial charge in [0.2, 0.25) is 0 Å². The van der Waals surface area contributed by atoms with E-state index in [0.29, 0.717) is 5.92 Å². The average Bonchev–Trinajstić information content (AvgIpc) is 2.51. The molecule has 0 bridgehead atoms. The molecule has 0 aliphatic carbocycles. The third-order valence-electron chi connectivity index (χ3n) is 3.64. The molecule has 0 saturated carbocycles. The van der Waals surface area contributed by atoms with Crippen LogP contribution in [0.2, 0.25) is 0 Å². The Morgan fingerprint density at radius 3 is 2.67 bits per heavy atom. The van der Waals surface area contributed by atoms with Crippen LogP contribution in [0.25, 0.3) is 0 Å². The van der Waals surface area contributed by atoms with Gasteiger partial charge in [0.1, 0.15) is 5.75 Å². The van der Waals surface area contributed by atoms with Gasteiger partial charge in [-0.15, -0.1) is 0 Å². The van der Waals surface area contributed by atoms with E-state index in [0.717, 1.165) is 38.3 Å². The molecule has 21 heavy (non-hydrogen) atoms. The van der Waals surface area contributed by atoms with Gasteiger partial charge in [0.05, 0.1) is 19.8 Å². The second-order valence-electron chi connectivity index (χ2n) is 5.40. The summed E-state index contributed by atoms with van der Waals surface area (Å²) >= 11 is 0. The Morgan fingerprint density at radius 1 is 1.19 bits per heavy atom. The molecule has 1 rings (SSSR count). The topological polar surface area (TPSA) is 39.7 Å². The predicted octanol–water partition coefficient (Wildman–Crippen LogP) is 2.51. The van der Waals surface area contributed by atoms with Crippen molar-refractivity contribution in [2.75, 3.05) is 41.0 Å². The van der Waals surface area contributed by atoms with Crippen LogP contribution in [0.4, 0.5) is 0 Å². The lowest BCUT2D eigenvalue weighted by Crippen LogP contribution is -2.29. The Hall–Kier alpha value is -1.10. The number of hydrogen-bond acceptors (Lipinski definition) is 4. The van der Waals surface area contributed by atoms with E-state index in [2.05, 4.69) is 24.4 Å². The van der Waals surface area contributed by atoms with E-state index in [1.54, 1.807) is 21.3 Å². The summed E-state index contributed by atoms with van der Waals surface area (Å²) in [7, 11) is 5.20. The number of benzene rings is 1. The van der Waals surface area contributed by atoms with Crippen LogP contribution in [0.5, 0.6) is 5.75 Å². The van der Waals surface area contributed by atoms with E-state index in [-0.39, 0.29) is 6.10 Å². The summed E-state index contributed by atoms with van der Waals surface area (Å²) in [5, 5.41) is 3.45. The van der Waals surface area contributed by atoms with E-state index < -0.39 is 0 Å². The molecule has 0 radical (unpaired) electrons. The quantitative estimate of drug-likeness (QED) is 0.637. The second-order valence-corrected chi connectivity index (χ2v) is 5.40. The fourth-order valence-electron chi connectivity index (χ4n) is 2.42. The maximum atomic E-state index is 5.41. The van der Waals surface area contributed by atoms with E-state index in [1.807, 2.05) is 12.1 Å². The summed E-state index contributed by atoms with van der Waals surface area (Å²) in [6.07, 6.45) is 2.32. The van der Waals surface area contributed by atoms with E-state index >= 15 is 0 Å². The Bertz CT molecular complexity index is 384. The molecule has 0 heterocycles. The van der Waals surface area contributed by atoms with Crippen molar-refractivity contribution >= 4 is 0 Å². The van der Waals surface area contributed by atoms with Crippen LogP contribution in [0, 0.1) is 5.92 Å². The lowest BCUT2D eigenvalue weighted by molar-refractivity contribution is 0.0941. The Kier molecular flexibility index (Phi) is 9.06. The molecule has 0 spiro atoms. The van der Waals surface area contributed by atoms with E-state index in [4.69, 9.17) is 14.2 Å². The highest BCUT2D eigenvalue weighted by Gasteiger charge is 2.14. The summed E-state index contributed by atoms with van der Waals surface area (Å²) in [4.78, 5) is 0. The molecule has 0 aromatic heterocycles. The summed E-state index contributed by atoms with van der Waals surface area (Å²) < 4.78 is 15.8. The Labute approximate surface area is 128 Å². The van der Waals surface area contributed by atoms with Gasteiger partial charge < -0.3 is 19.5 Å². The van der Waals surface area contributed by atoms with E-state index in [1.165, 1.54) is 5.56 Å². The van der Waals surface area contributed by atoms with Crippen LogP contribution >= 0.6 is 0 Å². The van der Waals surface area contributed by atoms with Crippen molar-refractivity contribution in [2.45, 2.75) is 25.9 Å². The first-order chi connectivity index (χ1) is 10.2. The first-order valence-electron chi connectivity index (χ1n) is 7.55. The zero-order chi connectivity index (χ0) is 15.5. The summed E-state index contributed by atoms with van der Waals surface area (Å²) in [5.74, 6) is 1.45. The van der Waals surface area contributed by atoms with Gasteiger partial charge in [0.15, 0.2) is 0 Å². The van der Waals surface area contributed by atoms with Crippen molar-refractivity contribution in [1.82, 2.24) is 5.32 Å². The summed E-state index contributed by atoms with van der Waals surface area (Å²) in [5.41, 5.74) is 1.30. The van der Waals surface area contributed by atoms with Gasteiger partial charge >= 0.3 is 0 Å². The number of hydrogen-bond donors (Lipinski definition) is 1. The third kappa shape index (κ3) is 7.46. The lowest BCUT2D eigenvalue weighted by Gasteiger charge is -2.21. The zero-order valence-electron chi connectivity index (χ0n) is 13.7. The zero-order valence-corrected chi connectivity index (χ0v) is 13.7. The molecule has 0 amide bonds. The standard InChI is InChI=1S/C17H29NO3/c1-14(20-3)10-16(13-18-8-9-19-2)11-15-6-5-7-17(12-15)21-4/h5-7,12,14,16,18H,8-11,13H2,1-4H3. The molecule has 0 saturated heterocycles. The molecule has 0 aliphatic rings. The monoisotopic (exact) mass is 295 g/mol. The van der Waals surface area contributed by atoms with Gasteiger partial charge in [0, 0.05) is 20.8 Å². The first kappa shape index (κ1) is 18.0. The third-order valence-corrected chi connectivity index (χ3v) is 3.64. The molecule has 2 atom stereocenters. The highest BCUT2D eigenvalue weighted by Crippen LogP contribution is 2.19. The van der Waals surface area contributed by atoms with Crippen LogP contribution in [-0.2, 0) is 15.9 Å². The minimum atomic E-state index is 0.268. The van der Waals surface area contributed by atoms with Crippen LogP contribution in [0.1, 0.15) is 18.9 Å². The molecule has 1 aromatic carbocycles. The smallest absolute Gasteiger partial charge is 0.119 e. The SMILES string of the molecule is COCCNCC(Cc1cccc(OC)c1)CC(C)OC. The average molecular weight is 295 g/mol. The normalized spacial score (nSPS) is 13.9.